The Morgan fingerprint density at radius 2 is 2.09 bits per heavy atom. The Balaban J connectivity index is 1.73. The van der Waals surface area contributed by atoms with Crippen molar-refractivity contribution in [2.24, 2.45) is 0 Å². The molecule has 4 nitrogen and oxygen atoms in total. The standard InChI is InChI=1S/C16H17BrClNO3/c17-6-3-15(21)19-7-4-16(5-8-19)10-13(20)12-9-11(18)1-2-14(12)22-16/h1-2,9H,3-8,10H2. The number of halogens is 2. The average Bonchev–Trinajstić information content (AvgIpc) is 2.49. The first kappa shape index (κ1) is 15.8. The first-order valence-corrected chi connectivity index (χ1v) is 8.88. The second-order valence-electron chi connectivity index (χ2n) is 5.85. The zero-order valence-electron chi connectivity index (χ0n) is 12.1. The van der Waals surface area contributed by atoms with Gasteiger partial charge in [0.25, 0.3) is 0 Å². The summed E-state index contributed by atoms with van der Waals surface area (Å²) >= 11 is 9.24. The molecule has 2 aliphatic rings. The van der Waals surface area contributed by atoms with Crippen molar-refractivity contribution in [2.75, 3.05) is 18.4 Å². The molecule has 1 aromatic carbocycles. The number of hydrogen-bond donors (Lipinski definition) is 0. The molecule has 0 unspecified atom stereocenters. The van der Waals surface area contributed by atoms with Crippen molar-refractivity contribution < 1.29 is 14.3 Å². The topological polar surface area (TPSA) is 46.6 Å². The van der Waals surface area contributed by atoms with E-state index in [-0.39, 0.29) is 11.7 Å². The largest absolute Gasteiger partial charge is 0.486 e. The van der Waals surface area contributed by atoms with Gasteiger partial charge in [-0.3, -0.25) is 9.59 Å². The minimum Gasteiger partial charge on any atom is -0.486 e. The van der Waals surface area contributed by atoms with Gasteiger partial charge in [0.1, 0.15) is 11.4 Å². The number of hydrogen-bond acceptors (Lipinski definition) is 3. The minimum atomic E-state index is -0.469. The number of carbonyl (C=O) groups excluding carboxylic acids is 2. The lowest BCUT2D eigenvalue weighted by Gasteiger charge is -2.44. The second-order valence-corrected chi connectivity index (χ2v) is 7.07. The molecule has 0 aromatic heterocycles. The molecule has 1 fully saturated rings. The summed E-state index contributed by atoms with van der Waals surface area (Å²) in [7, 11) is 0. The van der Waals surface area contributed by atoms with E-state index in [1.165, 1.54) is 0 Å². The lowest BCUT2D eigenvalue weighted by molar-refractivity contribution is -0.134. The first-order valence-electron chi connectivity index (χ1n) is 7.38. The van der Waals surface area contributed by atoms with Crippen LogP contribution in [0.25, 0.3) is 0 Å². The van der Waals surface area contributed by atoms with E-state index in [9.17, 15) is 9.59 Å². The molecule has 6 heteroatoms. The zero-order chi connectivity index (χ0) is 15.7. The molecule has 0 N–H and O–H groups in total. The Morgan fingerprint density at radius 3 is 2.77 bits per heavy atom. The monoisotopic (exact) mass is 385 g/mol. The van der Waals surface area contributed by atoms with Gasteiger partial charge in [0.05, 0.1) is 12.0 Å². The van der Waals surface area contributed by atoms with Crippen LogP contribution in [-0.4, -0.2) is 40.6 Å². The fourth-order valence-electron chi connectivity index (χ4n) is 3.15. The number of benzene rings is 1. The van der Waals surface area contributed by atoms with Crippen molar-refractivity contribution in [1.82, 2.24) is 4.90 Å². The Hall–Kier alpha value is -1.07. The average molecular weight is 387 g/mol. The van der Waals surface area contributed by atoms with Crippen molar-refractivity contribution in [3.8, 4) is 5.75 Å². The Morgan fingerprint density at radius 1 is 1.36 bits per heavy atom. The maximum absolute atomic E-state index is 12.4. The minimum absolute atomic E-state index is 0.0731. The van der Waals surface area contributed by atoms with Crippen molar-refractivity contribution in [1.29, 1.82) is 0 Å². The molecule has 0 saturated carbocycles. The first-order chi connectivity index (χ1) is 10.5. The number of alkyl halides is 1. The van der Waals surface area contributed by atoms with Gasteiger partial charge < -0.3 is 9.64 Å². The van der Waals surface area contributed by atoms with E-state index in [0.29, 0.717) is 60.4 Å². The van der Waals surface area contributed by atoms with Crippen LogP contribution < -0.4 is 4.74 Å². The van der Waals surface area contributed by atoms with Gasteiger partial charge in [-0.1, -0.05) is 27.5 Å². The van der Waals surface area contributed by atoms with Crippen LogP contribution in [0.1, 0.15) is 36.0 Å². The van der Waals surface area contributed by atoms with Gasteiger partial charge in [0.15, 0.2) is 5.78 Å². The molecule has 1 spiro atoms. The van der Waals surface area contributed by atoms with E-state index in [4.69, 9.17) is 16.3 Å². The number of likely N-dealkylation sites (tertiary alicyclic amines) is 1. The fraction of sp³-hybridized carbons (Fsp3) is 0.500. The highest BCUT2D eigenvalue weighted by atomic mass is 79.9. The van der Waals surface area contributed by atoms with Crippen LogP contribution in [0, 0.1) is 0 Å². The molecule has 1 saturated heterocycles. The zero-order valence-corrected chi connectivity index (χ0v) is 14.5. The third kappa shape index (κ3) is 3.01. The lowest BCUT2D eigenvalue weighted by Crippen LogP contribution is -2.52. The fourth-order valence-corrected chi connectivity index (χ4v) is 3.66. The van der Waals surface area contributed by atoms with E-state index in [0.717, 1.165) is 0 Å². The van der Waals surface area contributed by atoms with Gasteiger partial charge >= 0.3 is 0 Å². The number of fused-ring (bicyclic) bond motifs is 1. The number of nitrogens with zero attached hydrogens (tertiary/aromatic N) is 1. The highest BCUT2D eigenvalue weighted by Crippen LogP contribution is 2.40. The number of Topliss-reactive ketones (excluding diaryl/α,β-unsaturated/α-hetero) is 1. The smallest absolute Gasteiger partial charge is 0.223 e. The molecule has 118 valence electrons. The highest BCUT2D eigenvalue weighted by molar-refractivity contribution is 9.09. The van der Waals surface area contributed by atoms with E-state index in [1.54, 1.807) is 18.2 Å². The summed E-state index contributed by atoms with van der Waals surface area (Å²) in [6, 6.07) is 5.17. The molecule has 0 aliphatic carbocycles. The number of carbonyl (C=O) groups is 2. The van der Waals surface area contributed by atoms with Gasteiger partial charge in [-0.25, -0.2) is 0 Å². The molecular weight excluding hydrogens is 370 g/mol. The SMILES string of the molecule is O=C1CC2(CCN(C(=O)CCBr)CC2)Oc2ccc(Cl)cc21. The molecule has 0 atom stereocenters. The van der Waals surface area contributed by atoms with Gasteiger partial charge in [0, 0.05) is 42.7 Å². The molecule has 1 amide bonds. The van der Waals surface area contributed by atoms with E-state index in [2.05, 4.69) is 15.9 Å². The van der Waals surface area contributed by atoms with Crippen LogP contribution in [0.3, 0.4) is 0 Å². The molecule has 22 heavy (non-hydrogen) atoms. The van der Waals surface area contributed by atoms with Gasteiger partial charge in [-0.15, -0.1) is 0 Å². The van der Waals surface area contributed by atoms with Crippen molar-refractivity contribution in [3.63, 3.8) is 0 Å². The number of rotatable bonds is 2. The van der Waals surface area contributed by atoms with Crippen LogP contribution in [0.2, 0.25) is 5.02 Å². The van der Waals surface area contributed by atoms with Crippen LogP contribution in [0.4, 0.5) is 0 Å². The molecular formula is C16H17BrClNO3. The van der Waals surface area contributed by atoms with Gasteiger partial charge in [-0.2, -0.15) is 0 Å². The third-order valence-electron chi connectivity index (χ3n) is 4.39. The number of ether oxygens (including phenoxy) is 1. The van der Waals surface area contributed by atoms with Crippen molar-refractivity contribution >= 4 is 39.2 Å². The molecule has 0 radical (unpaired) electrons. The predicted octanol–water partition coefficient (Wildman–Crippen LogP) is 3.45. The van der Waals surface area contributed by atoms with Crippen LogP contribution in [0.5, 0.6) is 5.75 Å². The predicted molar refractivity (Wildman–Crippen MR) is 88.0 cm³/mol. The second kappa shape index (κ2) is 6.20. The van der Waals surface area contributed by atoms with E-state index >= 15 is 0 Å². The Kier molecular flexibility index (Phi) is 4.46. The Labute approximate surface area is 142 Å². The van der Waals surface area contributed by atoms with E-state index in [1.807, 2.05) is 4.90 Å². The number of ketones is 1. The maximum atomic E-state index is 12.4. The molecule has 2 heterocycles. The quantitative estimate of drug-likeness (QED) is 0.731. The molecule has 1 aromatic rings. The van der Waals surface area contributed by atoms with Gasteiger partial charge in [0.2, 0.25) is 5.91 Å². The summed E-state index contributed by atoms with van der Waals surface area (Å²) in [5.41, 5.74) is 0.0965. The van der Waals surface area contributed by atoms with Crippen LogP contribution in [0.15, 0.2) is 18.2 Å². The normalized spacial score (nSPS) is 19.7. The molecule has 0 bridgehead atoms. The summed E-state index contributed by atoms with van der Waals surface area (Å²) in [5, 5.41) is 1.22. The number of amides is 1. The molecule has 2 aliphatic heterocycles. The Bertz CT molecular complexity index is 611. The summed E-state index contributed by atoms with van der Waals surface area (Å²) in [6.07, 6.45) is 2.25. The third-order valence-corrected chi connectivity index (χ3v) is 5.02. The lowest BCUT2D eigenvalue weighted by atomic mass is 9.82. The molecule has 3 rings (SSSR count). The summed E-state index contributed by atoms with van der Waals surface area (Å²) in [6.45, 7) is 1.28. The van der Waals surface area contributed by atoms with Gasteiger partial charge in [-0.05, 0) is 18.2 Å². The van der Waals surface area contributed by atoms with Crippen molar-refractivity contribution in [3.05, 3.63) is 28.8 Å². The van der Waals surface area contributed by atoms with Crippen LogP contribution in [-0.2, 0) is 4.79 Å². The maximum Gasteiger partial charge on any atom is 0.223 e. The number of piperidine rings is 1. The summed E-state index contributed by atoms with van der Waals surface area (Å²) < 4.78 is 6.15. The van der Waals surface area contributed by atoms with E-state index < -0.39 is 5.60 Å². The highest BCUT2D eigenvalue weighted by Gasteiger charge is 2.43. The summed E-state index contributed by atoms with van der Waals surface area (Å²) in [5.74, 6) is 0.839. The van der Waals surface area contributed by atoms with Crippen LogP contribution >= 0.6 is 27.5 Å². The summed E-state index contributed by atoms with van der Waals surface area (Å²) in [4.78, 5) is 26.2. The van der Waals surface area contributed by atoms with Crippen molar-refractivity contribution in [2.45, 2.75) is 31.3 Å².